The van der Waals surface area contributed by atoms with Crippen molar-refractivity contribution >= 4 is 45.7 Å². The second-order valence-electron chi connectivity index (χ2n) is 6.81. The summed E-state index contributed by atoms with van der Waals surface area (Å²) in [6.45, 7) is 0.280. The van der Waals surface area contributed by atoms with E-state index in [0.29, 0.717) is 23.1 Å². The van der Waals surface area contributed by atoms with E-state index in [1.807, 2.05) is 0 Å². The number of anilines is 2. The molecule has 2 aromatic heterocycles. The Kier molecular flexibility index (Phi) is 6.34. The monoisotopic (exact) mass is 443 g/mol. The summed E-state index contributed by atoms with van der Waals surface area (Å²) in [5, 5.41) is 15.1. The molecule has 4 rings (SSSR count). The van der Waals surface area contributed by atoms with Gasteiger partial charge in [0.2, 0.25) is 11.0 Å². The van der Waals surface area contributed by atoms with Crippen LogP contribution in [0.5, 0.6) is 0 Å². The summed E-state index contributed by atoms with van der Waals surface area (Å²) >= 11 is 2.79. The Labute approximate surface area is 182 Å². The molecule has 0 radical (unpaired) electrons. The molecule has 1 aliphatic rings. The van der Waals surface area contributed by atoms with E-state index in [-0.39, 0.29) is 24.1 Å². The van der Waals surface area contributed by atoms with E-state index >= 15 is 0 Å². The molecule has 0 aliphatic heterocycles. The number of hydrogen-bond donors (Lipinski definition) is 2. The molecular weight excluding hydrogens is 422 g/mol. The third kappa shape index (κ3) is 5.19. The van der Waals surface area contributed by atoms with Crippen molar-refractivity contribution in [3.8, 4) is 0 Å². The molecule has 30 heavy (non-hydrogen) atoms. The molecule has 2 N–H and O–H groups in total. The molecule has 0 atom stereocenters. The zero-order valence-corrected chi connectivity index (χ0v) is 18.0. The fraction of sp³-hybridized carbons (Fsp3) is 0.300. The highest BCUT2D eigenvalue weighted by molar-refractivity contribution is 8.01. The van der Waals surface area contributed by atoms with Crippen LogP contribution >= 0.6 is 23.1 Å². The molecule has 1 saturated carbocycles. The lowest BCUT2D eigenvalue weighted by atomic mass is 10.1. The van der Waals surface area contributed by atoms with E-state index < -0.39 is 0 Å². The van der Waals surface area contributed by atoms with Crippen molar-refractivity contribution in [1.82, 2.24) is 15.5 Å². The van der Waals surface area contributed by atoms with Gasteiger partial charge in [-0.25, -0.2) is 0 Å². The van der Waals surface area contributed by atoms with E-state index in [0.717, 1.165) is 9.47 Å². The second-order valence-corrected chi connectivity index (χ2v) is 9.01. The lowest BCUT2D eigenvalue weighted by Crippen LogP contribution is -2.31. The molecular formula is C20H21N5O3S2. The predicted molar refractivity (Wildman–Crippen MR) is 117 cm³/mol. The number of amides is 2. The van der Waals surface area contributed by atoms with Gasteiger partial charge in [0.1, 0.15) is 5.76 Å². The summed E-state index contributed by atoms with van der Waals surface area (Å²) in [4.78, 5) is 26.9. The van der Waals surface area contributed by atoms with Crippen LogP contribution < -0.4 is 15.5 Å². The number of benzene rings is 1. The Hall–Kier alpha value is -2.85. The molecule has 10 heteroatoms. The summed E-state index contributed by atoms with van der Waals surface area (Å²) < 4.78 is 5.98. The fourth-order valence-corrected chi connectivity index (χ4v) is 4.46. The number of aromatic nitrogens is 2. The van der Waals surface area contributed by atoms with Crippen LogP contribution in [0.15, 0.2) is 51.4 Å². The number of hydrogen-bond acceptors (Lipinski definition) is 8. The molecule has 0 bridgehead atoms. The van der Waals surface area contributed by atoms with Crippen molar-refractivity contribution in [1.29, 1.82) is 0 Å². The molecule has 1 fully saturated rings. The van der Waals surface area contributed by atoms with E-state index in [9.17, 15) is 9.59 Å². The van der Waals surface area contributed by atoms with Gasteiger partial charge in [0.15, 0.2) is 4.34 Å². The predicted octanol–water partition coefficient (Wildman–Crippen LogP) is 3.39. The van der Waals surface area contributed by atoms with Crippen molar-refractivity contribution in [2.24, 2.45) is 0 Å². The number of carbonyl (C=O) groups is 2. The first-order valence-corrected chi connectivity index (χ1v) is 11.3. The first-order valence-electron chi connectivity index (χ1n) is 9.49. The average molecular weight is 444 g/mol. The van der Waals surface area contributed by atoms with Gasteiger partial charge in [0, 0.05) is 13.1 Å². The maximum absolute atomic E-state index is 12.7. The van der Waals surface area contributed by atoms with Gasteiger partial charge in [0.25, 0.3) is 5.91 Å². The Morgan fingerprint density at radius 1 is 1.23 bits per heavy atom. The Morgan fingerprint density at radius 3 is 2.83 bits per heavy atom. The molecule has 1 aromatic carbocycles. The van der Waals surface area contributed by atoms with Crippen LogP contribution in [0.1, 0.15) is 29.0 Å². The van der Waals surface area contributed by atoms with Gasteiger partial charge < -0.3 is 20.0 Å². The minimum absolute atomic E-state index is 0.127. The minimum Gasteiger partial charge on any atom is -0.467 e. The number of carbonyl (C=O) groups excluding carboxylic acids is 2. The summed E-state index contributed by atoms with van der Waals surface area (Å²) in [6, 6.07) is 11.1. The van der Waals surface area contributed by atoms with Crippen LogP contribution in [0.4, 0.5) is 10.8 Å². The SMILES string of the molecule is CN(C(=O)CSc1nnc(NC2CC2)s1)c1ccccc1C(=O)NCc1ccco1. The summed E-state index contributed by atoms with van der Waals surface area (Å²) in [5.74, 6) is 0.471. The van der Waals surface area contributed by atoms with Gasteiger partial charge >= 0.3 is 0 Å². The fourth-order valence-electron chi connectivity index (χ4n) is 2.72. The Morgan fingerprint density at radius 2 is 2.07 bits per heavy atom. The minimum atomic E-state index is -0.269. The van der Waals surface area contributed by atoms with Crippen molar-refractivity contribution in [2.45, 2.75) is 29.8 Å². The van der Waals surface area contributed by atoms with Gasteiger partial charge in [-0.1, -0.05) is 35.2 Å². The van der Waals surface area contributed by atoms with E-state index in [4.69, 9.17) is 4.42 Å². The molecule has 1 aliphatic carbocycles. The molecule has 2 amide bonds. The summed E-state index contributed by atoms with van der Waals surface area (Å²) in [5.41, 5.74) is 0.977. The van der Waals surface area contributed by atoms with Crippen molar-refractivity contribution < 1.29 is 14.0 Å². The number of furan rings is 1. The molecule has 0 saturated heterocycles. The lowest BCUT2D eigenvalue weighted by Gasteiger charge is -2.20. The average Bonchev–Trinajstić information content (AvgIpc) is 3.23. The third-order valence-electron chi connectivity index (χ3n) is 4.52. The zero-order chi connectivity index (χ0) is 20.9. The molecule has 0 spiro atoms. The second kappa shape index (κ2) is 9.31. The van der Waals surface area contributed by atoms with Crippen LogP contribution in [0, 0.1) is 0 Å². The number of para-hydroxylation sites is 1. The van der Waals surface area contributed by atoms with E-state index in [2.05, 4.69) is 20.8 Å². The van der Waals surface area contributed by atoms with Gasteiger partial charge in [-0.05, 0) is 37.1 Å². The number of nitrogens with zero attached hydrogens (tertiary/aromatic N) is 3. The van der Waals surface area contributed by atoms with E-state index in [1.54, 1.807) is 49.7 Å². The topological polar surface area (TPSA) is 100 Å². The van der Waals surface area contributed by atoms with Gasteiger partial charge in [-0.15, -0.1) is 10.2 Å². The van der Waals surface area contributed by atoms with Crippen LogP contribution in [0.2, 0.25) is 0 Å². The quantitative estimate of drug-likeness (QED) is 0.489. The van der Waals surface area contributed by atoms with Crippen molar-refractivity contribution in [2.75, 3.05) is 23.0 Å². The van der Waals surface area contributed by atoms with Gasteiger partial charge in [-0.2, -0.15) is 0 Å². The van der Waals surface area contributed by atoms with Crippen molar-refractivity contribution in [3.05, 3.63) is 54.0 Å². The summed E-state index contributed by atoms with van der Waals surface area (Å²) in [6.07, 6.45) is 3.89. The van der Waals surface area contributed by atoms with Crippen LogP contribution in [-0.4, -0.2) is 40.9 Å². The Balaban J connectivity index is 1.35. The third-order valence-corrected chi connectivity index (χ3v) is 6.49. The first kappa shape index (κ1) is 20.4. The van der Waals surface area contributed by atoms with Crippen molar-refractivity contribution in [3.63, 3.8) is 0 Å². The smallest absolute Gasteiger partial charge is 0.253 e. The highest BCUT2D eigenvalue weighted by Crippen LogP contribution is 2.30. The van der Waals surface area contributed by atoms with Gasteiger partial charge in [0.05, 0.1) is 29.8 Å². The van der Waals surface area contributed by atoms with E-state index in [1.165, 1.54) is 40.8 Å². The highest BCUT2D eigenvalue weighted by Gasteiger charge is 2.23. The zero-order valence-electron chi connectivity index (χ0n) is 16.3. The molecule has 3 aromatic rings. The Bertz CT molecular complexity index is 1020. The lowest BCUT2D eigenvalue weighted by molar-refractivity contribution is -0.115. The number of thioether (sulfide) groups is 1. The molecule has 2 heterocycles. The van der Waals surface area contributed by atoms with Crippen LogP contribution in [0.3, 0.4) is 0 Å². The standard InChI is InChI=1S/C20H21N5O3S2/c1-25(17(26)12-29-20-24-23-19(30-20)22-13-8-9-13)16-7-3-2-6-15(16)18(27)21-11-14-5-4-10-28-14/h2-7,10,13H,8-9,11-12H2,1H3,(H,21,27)(H,22,23). The van der Waals surface area contributed by atoms with Gasteiger partial charge in [-0.3, -0.25) is 9.59 Å². The summed E-state index contributed by atoms with van der Waals surface area (Å²) in [7, 11) is 1.67. The number of rotatable bonds is 9. The molecule has 156 valence electrons. The number of nitrogens with one attached hydrogen (secondary N) is 2. The maximum Gasteiger partial charge on any atom is 0.253 e. The highest BCUT2D eigenvalue weighted by atomic mass is 32.2. The normalized spacial score (nSPS) is 13.1. The largest absolute Gasteiger partial charge is 0.467 e. The first-order chi connectivity index (χ1) is 14.6. The molecule has 0 unspecified atom stereocenters. The van der Waals surface area contributed by atoms with Crippen LogP contribution in [0.25, 0.3) is 0 Å². The maximum atomic E-state index is 12.7. The molecule has 8 nitrogen and oxygen atoms in total. The van der Waals surface area contributed by atoms with Crippen LogP contribution in [-0.2, 0) is 11.3 Å².